The Hall–Kier alpha value is -1.06. The summed E-state index contributed by atoms with van der Waals surface area (Å²) >= 11 is 0. The molecule has 3 heteroatoms. The summed E-state index contributed by atoms with van der Waals surface area (Å²) in [6.45, 7) is 8.95. The van der Waals surface area contributed by atoms with Gasteiger partial charge < -0.3 is 15.0 Å². The number of ether oxygens (including phenoxy) is 1. The number of nitrogens with one attached hydrogen (secondary N) is 1. The molecule has 96 valence electrons. The van der Waals surface area contributed by atoms with Crippen LogP contribution in [-0.4, -0.2) is 33.4 Å². The number of para-hydroxylation sites is 1. The molecule has 0 aliphatic carbocycles. The second-order valence-electron chi connectivity index (χ2n) is 3.98. The molecule has 0 aliphatic heterocycles. The van der Waals surface area contributed by atoms with E-state index in [1.54, 1.807) is 7.11 Å². The van der Waals surface area contributed by atoms with Gasteiger partial charge in [0.1, 0.15) is 0 Å². The predicted octanol–water partition coefficient (Wildman–Crippen LogP) is 2.27. The van der Waals surface area contributed by atoms with Crippen molar-refractivity contribution < 1.29 is 4.74 Å². The minimum Gasteiger partial charge on any atom is -0.383 e. The Balaban J connectivity index is 2.77. The van der Waals surface area contributed by atoms with Gasteiger partial charge in [-0.25, -0.2) is 0 Å². The smallest absolute Gasteiger partial charge is 0.0637 e. The van der Waals surface area contributed by atoms with E-state index in [9.17, 15) is 0 Å². The molecule has 0 heterocycles. The number of hydrogen-bond donors (Lipinski definition) is 1. The lowest BCUT2D eigenvalue weighted by Crippen LogP contribution is -2.28. The Morgan fingerprint density at radius 3 is 2.65 bits per heavy atom. The third kappa shape index (κ3) is 4.36. The topological polar surface area (TPSA) is 24.5 Å². The first-order valence-corrected chi connectivity index (χ1v) is 6.36. The van der Waals surface area contributed by atoms with Crippen molar-refractivity contribution in [2.75, 3.05) is 38.3 Å². The van der Waals surface area contributed by atoms with Gasteiger partial charge in [0.05, 0.1) is 6.61 Å². The first-order valence-electron chi connectivity index (χ1n) is 6.36. The first kappa shape index (κ1) is 14.0. The minimum atomic E-state index is 0.767. The monoisotopic (exact) mass is 236 g/mol. The summed E-state index contributed by atoms with van der Waals surface area (Å²) in [5.41, 5.74) is 2.67. The van der Waals surface area contributed by atoms with Crippen molar-refractivity contribution in [3.05, 3.63) is 29.8 Å². The maximum absolute atomic E-state index is 5.16. The van der Waals surface area contributed by atoms with Crippen LogP contribution in [0.2, 0.25) is 0 Å². The Bertz CT molecular complexity index is 315. The number of nitrogens with zero attached hydrogens (tertiary/aromatic N) is 1. The molecule has 3 nitrogen and oxygen atoms in total. The molecule has 0 aromatic heterocycles. The highest BCUT2D eigenvalue weighted by Crippen LogP contribution is 2.19. The van der Waals surface area contributed by atoms with E-state index in [0.29, 0.717) is 0 Å². The lowest BCUT2D eigenvalue weighted by molar-refractivity contribution is 0.205. The molecule has 0 amide bonds. The van der Waals surface area contributed by atoms with Gasteiger partial charge in [-0.05, 0) is 25.1 Å². The van der Waals surface area contributed by atoms with E-state index in [-0.39, 0.29) is 0 Å². The molecule has 0 saturated heterocycles. The Kier molecular flexibility index (Phi) is 6.67. The summed E-state index contributed by atoms with van der Waals surface area (Å²) in [5, 5.41) is 3.38. The lowest BCUT2D eigenvalue weighted by atomic mass is 10.1. The van der Waals surface area contributed by atoms with Crippen LogP contribution in [0, 0.1) is 0 Å². The van der Waals surface area contributed by atoms with Crippen LogP contribution in [-0.2, 0) is 11.3 Å². The highest BCUT2D eigenvalue weighted by Gasteiger charge is 2.08. The third-order valence-electron chi connectivity index (χ3n) is 2.84. The van der Waals surface area contributed by atoms with Crippen molar-refractivity contribution in [3.63, 3.8) is 0 Å². The number of likely N-dealkylation sites (N-methyl/N-ethyl adjacent to an activating group) is 1. The maximum Gasteiger partial charge on any atom is 0.0637 e. The van der Waals surface area contributed by atoms with Crippen molar-refractivity contribution in [2.24, 2.45) is 0 Å². The molecular formula is C14H24N2O. The van der Waals surface area contributed by atoms with Crippen molar-refractivity contribution in [2.45, 2.75) is 20.4 Å². The summed E-state index contributed by atoms with van der Waals surface area (Å²) in [5.74, 6) is 0. The van der Waals surface area contributed by atoms with Gasteiger partial charge in [0.25, 0.3) is 0 Å². The van der Waals surface area contributed by atoms with Gasteiger partial charge >= 0.3 is 0 Å². The van der Waals surface area contributed by atoms with Crippen LogP contribution >= 0.6 is 0 Å². The normalized spacial score (nSPS) is 10.5. The summed E-state index contributed by atoms with van der Waals surface area (Å²) in [7, 11) is 1.75. The van der Waals surface area contributed by atoms with Crippen LogP contribution in [0.25, 0.3) is 0 Å². The van der Waals surface area contributed by atoms with Crippen molar-refractivity contribution in [1.29, 1.82) is 0 Å². The average Bonchev–Trinajstić information content (AvgIpc) is 2.38. The van der Waals surface area contributed by atoms with Crippen LogP contribution in [0.15, 0.2) is 24.3 Å². The molecule has 17 heavy (non-hydrogen) atoms. The van der Waals surface area contributed by atoms with Crippen molar-refractivity contribution in [3.8, 4) is 0 Å². The molecular weight excluding hydrogens is 212 g/mol. The Labute approximate surface area is 105 Å². The molecule has 1 rings (SSSR count). The highest BCUT2D eigenvalue weighted by atomic mass is 16.5. The molecule has 0 unspecified atom stereocenters. The summed E-state index contributed by atoms with van der Waals surface area (Å²) in [6, 6.07) is 8.57. The summed E-state index contributed by atoms with van der Waals surface area (Å²) in [4.78, 5) is 2.36. The lowest BCUT2D eigenvalue weighted by Gasteiger charge is -2.25. The third-order valence-corrected chi connectivity index (χ3v) is 2.84. The standard InChI is InChI=1S/C14H24N2O/c1-4-15-12-13-8-6-7-9-14(13)16(5-2)10-11-17-3/h6-9,15H,4-5,10-12H2,1-3H3. The van der Waals surface area contributed by atoms with Crippen molar-refractivity contribution in [1.82, 2.24) is 5.32 Å². The van der Waals surface area contributed by atoms with Gasteiger partial charge in [0.15, 0.2) is 0 Å². The zero-order valence-electron chi connectivity index (χ0n) is 11.2. The van der Waals surface area contributed by atoms with E-state index >= 15 is 0 Å². The van der Waals surface area contributed by atoms with E-state index < -0.39 is 0 Å². The summed E-state index contributed by atoms with van der Waals surface area (Å²) in [6.07, 6.45) is 0. The predicted molar refractivity (Wildman–Crippen MR) is 73.6 cm³/mol. The molecule has 1 aromatic carbocycles. The molecule has 0 fully saturated rings. The molecule has 0 atom stereocenters. The minimum absolute atomic E-state index is 0.767. The maximum atomic E-state index is 5.16. The zero-order valence-corrected chi connectivity index (χ0v) is 11.2. The molecule has 1 aromatic rings. The Morgan fingerprint density at radius 1 is 1.24 bits per heavy atom. The number of benzene rings is 1. The second kappa shape index (κ2) is 8.09. The van der Waals surface area contributed by atoms with E-state index in [2.05, 4.69) is 48.3 Å². The SMILES string of the molecule is CCNCc1ccccc1N(CC)CCOC. The van der Waals surface area contributed by atoms with Crippen LogP contribution < -0.4 is 10.2 Å². The van der Waals surface area contributed by atoms with Gasteiger partial charge in [-0.2, -0.15) is 0 Å². The molecule has 0 spiro atoms. The van der Waals surface area contributed by atoms with E-state index in [4.69, 9.17) is 4.74 Å². The number of hydrogen-bond acceptors (Lipinski definition) is 3. The van der Waals surface area contributed by atoms with E-state index in [1.165, 1.54) is 11.3 Å². The fourth-order valence-corrected chi connectivity index (χ4v) is 1.88. The fraction of sp³-hybridized carbons (Fsp3) is 0.571. The van der Waals surface area contributed by atoms with E-state index in [1.807, 2.05) is 0 Å². The molecule has 0 aliphatic rings. The molecule has 0 radical (unpaired) electrons. The molecule has 0 bridgehead atoms. The number of anilines is 1. The fourth-order valence-electron chi connectivity index (χ4n) is 1.88. The van der Waals surface area contributed by atoms with E-state index in [0.717, 1.165) is 32.8 Å². The average molecular weight is 236 g/mol. The van der Waals surface area contributed by atoms with Crippen LogP contribution in [0.4, 0.5) is 5.69 Å². The zero-order chi connectivity index (χ0) is 12.5. The summed E-state index contributed by atoms with van der Waals surface area (Å²) < 4.78 is 5.16. The highest BCUT2D eigenvalue weighted by molar-refractivity contribution is 5.53. The second-order valence-corrected chi connectivity index (χ2v) is 3.98. The van der Waals surface area contributed by atoms with Gasteiger partial charge in [-0.15, -0.1) is 0 Å². The van der Waals surface area contributed by atoms with Gasteiger partial charge in [0, 0.05) is 32.4 Å². The molecule has 1 N–H and O–H groups in total. The van der Waals surface area contributed by atoms with Crippen LogP contribution in [0.1, 0.15) is 19.4 Å². The van der Waals surface area contributed by atoms with Gasteiger partial charge in [0.2, 0.25) is 0 Å². The largest absolute Gasteiger partial charge is 0.383 e. The number of rotatable bonds is 8. The van der Waals surface area contributed by atoms with Gasteiger partial charge in [-0.3, -0.25) is 0 Å². The molecule has 0 saturated carbocycles. The van der Waals surface area contributed by atoms with Gasteiger partial charge in [-0.1, -0.05) is 25.1 Å². The Morgan fingerprint density at radius 2 is 2.00 bits per heavy atom. The van der Waals surface area contributed by atoms with Crippen LogP contribution in [0.3, 0.4) is 0 Å². The van der Waals surface area contributed by atoms with Crippen molar-refractivity contribution >= 4 is 5.69 Å². The van der Waals surface area contributed by atoms with Crippen LogP contribution in [0.5, 0.6) is 0 Å². The quantitative estimate of drug-likeness (QED) is 0.749. The number of methoxy groups -OCH3 is 1. The first-order chi connectivity index (χ1) is 8.33.